The first-order chi connectivity index (χ1) is 19.1. The van der Waals surface area contributed by atoms with Crippen molar-refractivity contribution in [3.63, 3.8) is 0 Å². The van der Waals surface area contributed by atoms with Gasteiger partial charge in [0.1, 0.15) is 34.9 Å². The summed E-state index contributed by atoms with van der Waals surface area (Å²) in [7, 11) is 0. The van der Waals surface area contributed by atoms with Crippen molar-refractivity contribution in [2.24, 2.45) is 0 Å². The smallest absolute Gasteiger partial charge is 0.335 e. The summed E-state index contributed by atoms with van der Waals surface area (Å²) in [6.45, 7) is -0.246. The van der Waals surface area contributed by atoms with Crippen molar-refractivity contribution in [3.8, 4) is 0 Å². The van der Waals surface area contributed by atoms with Crippen LogP contribution in [-0.4, -0.2) is 32.9 Å². The van der Waals surface area contributed by atoms with Crippen LogP contribution < -0.4 is 32.5 Å². The highest BCUT2D eigenvalue weighted by molar-refractivity contribution is 5.97. The van der Waals surface area contributed by atoms with E-state index in [1.165, 1.54) is 24.3 Å². The molecule has 1 aliphatic carbocycles. The normalized spacial score (nSPS) is 14.0. The maximum absolute atomic E-state index is 14.4. The number of carbonyl (C=O) groups excluding carboxylic acids is 2. The van der Waals surface area contributed by atoms with E-state index < -0.39 is 34.5 Å². The lowest BCUT2D eigenvalue weighted by atomic mass is 10.0. The van der Waals surface area contributed by atoms with Gasteiger partial charge in [-0.2, -0.15) is 0 Å². The van der Waals surface area contributed by atoms with Gasteiger partial charge >= 0.3 is 5.97 Å². The fourth-order valence-corrected chi connectivity index (χ4v) is 4.47. The van der Waals surface area contributed by atoms with Crippen molar-refractivity contribution in [2.45, 2.75) is 25.4 Å². The van der Waals surface area contributed by atoms with Gasteiger partial charge in [0.2, 0.25) is 0 Å². The number of nitrogens with one attached hydrogen (secondary N) is 3. The predicted octanol–water partition coefficient (Wildman–Crippen LogP) is 1.58. The Morgan fingerprint density at radius 1 is 1.00 bits per heavy atom. The molecule has 6 N–H and O–H groups in total. The maximum atomic E-state index is 14.4. The Hall–Kier alpha value is -5.46. The number of hydrogen-bond acceptors (Lipinski definition) is 9. The monoisotopic (exact) mass is 544 g/mol. The van der Waals surface area contributed by atoms with Crippen LogP contribution in [0.3, 0.4) is 0 Å². The molecule has 0 aliphatic heterocycles. The molecule has 0 saturated heterocycles. The van der Waals surface area contributed by atoms with Gasteiger partial charge in [0, 0.05) is 23.9 Å². The highest BCUT2D eigenvalue weighted by atomic mass is 19.1. The van der Waals surface area contributed by atoms with E-state index in [0.29, 0.717) is 12.8 Å². The zero-order chi connectivity index (χ0) is 28.6. The molecule has 12 nitrogen and oxygen atoms in total. The second-order valence-electron chi connectivity index (χ2n) is 9.13. The lowest BCUT2D eigenvalue weighted by molar-refractivity contribution is 0.0696. The number of carboxylic acid groups (broad SMARTS) is 1. The van der Waals surface area contributed by atoms with E-state index in [1.54, 1.807) is 12.1 Å². The van der Waals surface area contributed by atoms with Crippen molar-refractivity contribution >= 4 is 34.8 Å². The molecule has 4 aromatic rings. The Kier molecular flexibility index (Phi) is 6.78. The average Bonchev–Trinajstić information content (AvgIpc) is 3.36. The van der Waals surface area contributed by atoms with Crippen molar-refractivity contribution in [3.05, 3.63) is 109 Å². The summed E-state index contributed by atoms with van der Waals surface area (Å²) in [4.78, 5) is 67.5. The molecule has 0 fully saturated rings. The Morgan fingerprint density at radius 3 is 2.48 bits per heavy atom. The molecule has 1 aliphatic rings. The highest BCUT2D eigenvalue weighted by Crippen LogP contribution is 2.32. The van der Waals surface area contributed by atoms with Crippen LogP contribution in [0.25, 0.3) is 0 Å². The van der Waals surface area contributed by atoms with E-state index in [4.69, 9.17) is 5.73 Å². The first-order valence-electron chi connectivity index (χ1n) is 12.0. The van der Waals surface area contributed by atoms with E-state index >= 15 is 0 Å². The van der Waals surface area contributed by atoms with Crippen molar-refractivity contribution in [1.82, 2.24) is 20.6 Å². The standard InChI is InChI=1S/C27H21FN6O6/c28-17-5-3-15(33-22-21(29)23(35)24(22)36)8-14(17)10-30-25(37)19-9-20(32-11-31-19)26(38)34-18-6-2-12-7-13(27(39)40)1-4-16(12)18/h1,3-5,7-9,11,18,33H,2,6,10,29H2,(H,30,37)(H,34,38)(H,39,40)/t18-/m0/s1. The molecule has 0 radical (unpaired) electrons. The van der Waals surface area contributed by atoms with Gasteiger partial charge in [-0.3, -0.25) is 19.2 Å². The van der Waals surface area contributed by atoms with Crippen LogP contribution in [0, 0.1) is 5.82 Å². The van der Waals surface area contributed by atoms with Crippen LogP contribution in [0.1, 0.15) is 60.5 Å². The van der Waals surface area contributed by atoms with E-state index in [2.05, 4.69) is 25.9 Å². The minimum Gasteiger partial charge on any atom is -0.478 e. The van der Waals surface area contributed by atoms with Crippen LogP contribution in [0.2, 0.25) is 0 Å². The first kappa shape index (κ1) is 26.2. The van der Waals surface area contributed by atoms with Gasteiger partial charge in [-0.15, -0.1) is 0 Å². The Morgan fingerprint density at radius 2 is 1.75 bits per heavy atom. The number of carboxylic acids is 1. The van der Waals surface area contributed by atoms with Gasteiger partial charge in [0.25, 0.3) is 22.7 Å². The van der Waals surface area contributed by atoms with Crippen LogP contribution in [0.5, 0.6) is 0 Å². The molecule has 40 heavy (non-hydrogen) atoms. The quantitative estimate of drug-likeness (QED) is 0.203. The van der Waals surface area contributed by atoms with Gasteiger partial charge in [-0.25, -0.2) is 19.2 Å². The molecule has 2 amide bonds. The molecule has 1 aromatic heterocycles. The number of amides is 2. The molecular weight excluding hydrogens is 523 g/mol. The van der Waals surface area contributed by atoms with Gasteiger partial charge in [0.15, 0.2) is 0 Å². The predicted molar refractivity (Wildman–Crippen MR) is 141 cm³/mol. The number of carbonyl (C=O) groups is 3. The Balaban J connectivity index is 1.23. The molecule has 5 rings (SSSR count). The highest BCUT2D eigenvalue weighted by Gasteiger charge is 2.26. The number of fused-ring (bicyclic) bond motifs is 1. The number of aromatic nitrogens is 2. The number of benzene rings is 2. The summed E-state index contributed by atoms with van der Waals surface area (Å²) in [5, 5.41) is 17.2. The molecule has 0 bridgehead atoms. The molecule has 3 aromatic carbocycles. The number of nitrogens with two attached hydrogens (primary N) is 1. The molecule has 202 valence electrons. The van der Waals surface area contributed by atoms with E-state index in [1.807, 2.05) is 0 Å². The minimum absolute atomic E-state index is 0.0567. The first-order valence-corrected chi connectivity index (χ1v) is 12.0. The molecule has 1 atom stereocenters. The lowest BCUT2D eigenvalue weighted by Gasteiger charge is -2.14. The van der Waals surface area contributed by atoms with Gasteiger partial charge < -0.3 is 26.8 Å². The van der Waals surface area contributed by atoms with Crippen molar-refractivity contribution in [2.75, 3.05) is 11.1 Å². The third kappa shape index (κ3) is 4.99. The average molecular weight is 544 g/mol. The number of aromatic carboxylic acids is 1. The molecule has 13 heteroatoms. The number of rotatable bonds is 8. The number of aryl methyl sites for hydroxylation is 1. The molecular formula is C27H21FN6O6. The maximum Gasteiger partial charge on any atom is 0.335 e. The third-order valence-electron chi connectivity index (χ3n) is 6.61. The van der Waals surface area contributed by atoms with Crippen molar-refractivity contribution < 1.29 is 23.9 Å². The topological polar surface area (TPSA) is 193 Å². The van der Waals surface area contributed by atoms with Crippen LogP contribution in [0.15, 0.2) is 58.4 Å². The number of halogens is 1. The van der Waals surface area contributed by atoms with Gasteiger partial charge in [-0.05, 0) is 54.3 Å². The summed E-state index contributed by atoms with van der Waals surface area (Å²) >= 11 is 0. The summed E-state index contributed by atoms with van der Waals surface area (Å²) in [5.74, 6) is -2.88. The summed E-state index contributed by atoms with van der Waals surface area (Å²) in [5.41, 5.74) is 5.67. The fourth-order valence-electron chi connectivity index (χ4n) is 4.47. The number of hydrogen-bond donors (Lipinski definition) is 5. The zero-order valence-corrected chi connectivity index (χ0v) is 20.7. The molecule has 0 saturated carbocycles. The second kappa shape index (κ2) is 10.4. The largest absolute Gasteiger partial charge is 0.478 e. The van der Waals surface area contributed by atoms with Gasteiger partial charge in [-0.1, -0.05) is 6.07 Å². The van der Waals surface area contributed by atoms with Crippen molar-refractivity contribution in [1.29, 1.82) is 0 Å². The second-order valence-corrected chi connectivity index (χ2v) is 9.13. The Bertz CT molecular complexity index is 1760. The SMILES string of the molecule is Nc1c(Nc2ccc(F)c(CNC(=O)c3cc(C(=O)N[C@H]4CCc5cc(C(=O)O)ccc54)ncn3)c2)c(=O)c1=O. The van der Waals surface area contributed by atoms with E-state index in [0.717, 1.165) is 23.5 Å². The summed E-state index contributed by atoms with van der Waals surface area (Å²) in [6.07, 6.45) is 2.24. The summed E-state index contributed by atoms with van der Waals surface area (Å²) < 4.78 is 14.4. The molecule has 0 spiro atoms. The third-order valence-corrected chi connectivity index (χ3v) is 6.61. The van der Waals surface area contributed by atoms with Crippen LogP contribution >= 0.6 is 0 Å². The van der Waals surface area contributed by atoms with Crippen LogP contribution in [0.4, 0.5) is 21.5 Å². The van der Waals surface area contributed by atoms with Crippen LogP contribution in [-0.2, 0) is 13.0 Å². The van der Waals surface area contributed by atoms with E-state index in [-0.39, 0.29) is 52.2 Å². The number of nitrogens with zero attached hydrogens (tertiary/aromatic N) is 2. The zero-order valence-electron chi connectivity index (χ0n) is 20.7. The van der Waals surface area contributed by atoms with E-state index in [9.17, 15) is 33.5 Å². The van der Waals surface area contributed by atoms with Gasteiger partial charge in [0.05, 0.1) is 11.6 Å². The summed E-state index contributed by atoms with van der Waals surface area (Å²) in [6, 6.07) is 9.43. The molecule has 0 unspecified atom stereocenters. The fraction of sp³-hybridized carbons (Fsp3) is 0.148. The number of nitrogen functional groups attached to an aromatic ring is 1. The lowest BCUT2D eigenvalue weighted by Crippen LogP contribution is -2.36. The Labute approximate surface area is 224 Å². The minimum atomic E-state index is -1.03. The molecule has 1 heterocycles. The number of anilines is 3.